The van der Waals surface area contributed by atoms with E-state index in [1.165, 1.54) is 6.07 Å². The van der Waals surface area contributed by atoms with Crippen LogP contribution in [0.25, 0.3) is 0 Å². The van der Waals surface area contributed by atoms with Crippen molar-refractivity contribution in [2.24, 2.45) is 0 Å². The minimum absolute atomic E-state index is 0.00804. The molecule has 0 radical (unpaired) electrons. The van der Waals surface area contributed by atoms with Gasteiger partial charge in [0.25, 0.3) is 0 Å². The fourth-order valence-electron chi connectivity index (χ4n) is 3.34. The second kappa shape index (κ2) is 10.4. The van der Waals surface area contributed by atoms with E-state index >= 15 is 0 Å². The summed E-state index contributed by atoms with van der Waals surface area (Å²) < 4.78 is 37.3. The van der Waals surface area contributed by atoms with E-state index < -0.39 is 5.82 Å². The molecule has 0 bridgehead atoms. The Morgan fingerprint density at radius 1 is 1.03 bits per heavy atom. The molecule has 0 spiro atoms. The number of nitrogens with one attached hydrogen (secondary N) is 1. The van der Waals surface area contributed by atoms with Gasteiger partial charge in [-0.25, -0.2) is 4.39 Å². The number of benzene rings is 3. The van der Waals surface area contributed by atoms with Crippen molar-refractivity contribution < 1.29 is 23.3 Å². The SMILES string of the molecule is CCOc1cc(CNCc2ccc3c(c2)OCO3)cc(Br)c1OCc1c(F)cccc1Cl. The van der Waals surface area contributed by atoms with Crippen molar-refractivity contribution in [3.63, 3.8) is 0 Å². The zero-order valence-corrected chi connectivity index (χ0v) is 19.8. The molecule has 0 saturated carbocycles. The van der Waals surface area contributed by atoms with Gasteiger partial charge in [-0.05, 0) is 70.4 Å². The first-order chi connectivity index (χ1) is 15.5. The Morgan fingerprint density at radius 3 is 2.66 bits per heavy atom. The lowest BCUT2D eigenvalue weighted by Crippen LogP contribution is -2.13. The number of hydrogen-bond donors (Lipinski definition) is 1. The normalized spacial score (nSPS) is 12.1. The number of hydrogen-bond acceptors (Lipinski definition) is 5. The van der Waals surface area contributed by atoms with Gasteiger partial charge in [0.2, 0.25) is 6.79 Å². The summed E-state index contributed by atoms with van der Waals surface area (Å²) in [5.41, 5.74) is 2.41. The summed E-state index contributed by atoms with van der Waals surface area (Å²) in [7, 11) is 0. The average molecular weight is 523 g/mol. The number of fused-ring (bicyclic) bond motifs is 1. The largest absolute Gasteiger partial charge is 0.490 e. The van der Waals surface area contributed by atoms with E-state index in [0.717, 1.165) is 27.1 Å². The van der Waals surface area contributed by atoms with Crippen LogP contribution in [0, 0.1) is 5.82 Å². The first-order valence-electron chi connectivity index (χ1n) is 10.1. The lowest BCUT2D eigenvalue weighted by atomic mass is 10.1. The molecule has 3 aromatic carbocycles. The molecule has 3 aromatic rings. The Labute approximate surface area is 199 Å². The van der Waals surface area contributed by atoms with Gasteiger partial charge in [0, 0.05) is 18.7 Å². The molecule has 168 valence electrons. The maximum Gasteiger partial charge on any atom is 0.231 e. The Morgan fingerprint density at radius 2 is 1.84 bits per heavy atom. The third-order valence-corrected chi connectivity index (χ3v) is 5.83. The summed E-state index contributed by atoms with van der Waals surface area (Å²) in [6, 6.07) is 14.3. The lowest BCUT2D eigenvalue weighted by molar-refractivity contribution is 0.174. The Bertz CT molecular complexity index is 1090. The number of halogens is 3. The van der Waals surface area contributed by atoms with Crippen LogP contribution in [0.2, 0.25) is 5.02 Å². The van der Waals surface area contributed by atoms with E-state index in [-0.39, 0.29) is 13.4 Å². The molecule has 0 amide bonds. The molecular weight excluding hydrogens is 501 g/mol. The molecule has 0 aliphatic carbocycles. The Balaban J connectivity index is 1.43. The van der Waals surface area contributed by atoms with E-state index in [0.29, 0.717) is 41.8 Å². The third-order valence-electron chi connectivity index (χ3n) is 4.89. The second-order valence-corrected chi connectivity index (χ2v) is 8.38. The summed E-state index contributed by atoms with van der Waals surface area (Å²) in [6.07, 6.45) is 0. The molecule has 0 saturated heterocycles. The number of ether oxygens (including phenoxy) is 4. The average Bonchev–Trinajstić information content (AvgIpc) is 3.23. The molecule has 8 heteroatoms. The van der Waals surface area contributed by atoms with Crippen molar-refractivity contribution in [2.75, 3.05) is 13.4 Å². The van der Waals surface area contributed by atoms with E-state index in [2.05, 4.69) is 21.2 Å². The fourth-order valence-corrected chi connectivity index (χ4v) is 4.16. The highest BCUT2D eigenvalue weighted by Gasteiger charge is 2.16. The van der Waals surface area contributed by atoms with Crippen LogP contribution in [0.5, 0.6) is 23.0 Å². The molecule has 0 unspecified atom stereocenters. The van der Waals surface area contributed by atoms with Crippen LogP contribution >= 0.6 is 27.5 Å². The van der Waals surface area contributed by atoms with Crippen molar-refractivity contribution in [2.45, 2.75) is 26.6 Å². The van der Waals surface area contributed by atoms with Crippen molar-refractivity contribution in [1.29, 1.82) is 0 Å². The van der Waals surface area contributed by atoms with Gasteiger partial charge in [0.05, 0.1) is 16.1 Å². The van der Waals surface area contributed by atoms with Crippen LogP contribution in [0.3, 0.4) is 0 Å². The summed E-state index contributed by atoms with van der Waals surface area (Å²) >= 11 is 9.67. The minimum atomic E-state index is -0.407. The lowest BCUT2D eigenvalue weighted by Gasteiger charge is -2.16. The quantitative estimate of drug-likeness (QED) is 0.361. The first kappa shape index (κ1) is 22.7. The van der Waals surface area contributed by atoms with Crippen LogP contribution in [-0.4, -0.2) is 13.4 Å². The molecule has 0 atom stereocenters. The smallest absolute Gasteiger partial charge is 0.231 e. The van der Waals surface area contributed by atoms with Crippen LogP contribution in [0.4, 0.5) is 4.39 Å². The molecule has 0 aromatic heterocycles. The summed E-state index contributed by atoms with van der Waals surface area (Å²) in [4.78, 5) is 0. The van der Waals surface area contributed by atoms with Crippen LogP contribution in [0.1, 0.15) is 23.6 Å². The topological polar surface area (TPSA) is 49.0 Å². The van der Waals surface area contributed by atoms with Crippen molar-refractivity contribution in [3.05, 3.63) is 80.5 Å². The third kappa shape index (κ3) is 5.28. The molecule has 5 nitrogen and oxygen atoms in total. The van der Waals surface area contributed by atoms with Gasteiger partial charge in [0.1, 0.15) is 12.4 Å². The van der Waals surface area contributed by atoms with E-state index in [1.54, 1.807) is 12.1 Å². The van der Waals surface area contributed by atoms with E-state index in [4.69, 9.17) is 30.5 Å². The van der Waals surface area contributed by atoms with Gasteiger partial charge in [-0.15, -0.1) is 0 Å². The summed E-state index contributed by atoms with van der Waals surface area (Å²) in [5, 5.41) is 3.74. The Hall–Kier alpha value is -2.48. The molecule has 1 aliphatic rings. The second-order valence-electron chi connectivity index (χ2n) is 7.12. The number of rotatable bonds is 9. The van der Waals surface area contributed by atoms with Crippen LogP contribution in [0.15, 0.2) is 53.0 Å². The molecular formula is C24H22BrClFNO4. The van der Waals surface area contributed by atoms with Gasteiger partial charge in [-0.3, -0.25) is 0 Å². The molecule has 4 rings (SSSR count). The molecule has 0 fully saturated rings. The first-order valence-corrected chi connectivity index (χ1v) is 11.3. The van der Waals surface area contributed by atoms with Gasteiger partial charge in [-0.2, -0.15) is 0 Å². The maximum absolute atomic E-state index is 14.1. The zero-order valence-electron chi connectivity index (χ0n) is 17.4. The van der Waals surface area contributed by atoms with Crippen LogP contribution < -0.4 is 24.3 Å². The molecule has 32 heavy (non-hydrogen) atoms. The van der Waals surface area contributed by atoms with Gasteiger partial charge < -0.3 is 24.3 Å². The monoisotopic (exact) mass is 521 g/mol. The highest BCUT2D eigenvalue weighted by molar-refractivity contribution is 9.10. The predicted octanol–water partition coefficient (Wildman–Crippen LogP) is 6.24. The minimum Gasteiger partial charge on any atom is -0.490 e. The van der Waals surface area contributed by atoms with E-state index in [1.807, 2.05) is 37.3 Å². The van der Waals surface area contributed by atoms with Gasteiger partial charge in [-0.1, -0.05) is 23.7 Å². The predicted molar refractivity (Wildman–Crippen MR) is 124 cm³/mol. The van der Waals surface area contributed by atoms with Crippen molar-refractivity contribution in [1.82, 2.24) is 5.32 Å². The zero-order chi connectivity index (χ0) is 22.5. The van der Waals surface area contributed by atoms with Crippen molar-refractivity contribution >= 4 is 27.5 Å². The maximum atomic E-state index is 14.1. The summed E-state index contributed by atoms with van der Waals surface area (Å²) in [5.74, 6) is 2.21. The molecule has 1 aliphatic heterocycles. The molecule has 1 heterocycles. The molecule has 1 N–H and O–H groups in total. The highest BCUT2D eigenvalue weighted by atomic mass is 79.9. The standard InChI is InChI=1S/C24H22BrClFNO4/c1-2-29-23-10-16(12-28-11-15-6-7-21-22(9-15)32-14-31-21)8-18(25)24(23)30-13-17-19(26)4-3-5-20(17)27/h3-10,28H,2,11-14H2,1H3. The van der Waals surface area contributed by atoms with Gasteiger partial charge >= 0.3 is 0 Å². The Kier molecular flexibility index (Phi) is 7.40. The van der Waals surface area contributed by atoms with Crippen molar-refractivity contribution in [3.8, 4) is 23.0 Å². The van der Waals surface area contributed by atoms with Crippen LogP contribution in [-0.2, 0) is 19.7 Å². The summed E-state index contributed by atoms with van der Waals surface area (Å²) in [6.45, 7) is 3.91. The highest BCUT2D eigenvalue weighted by Crippen LogP contribution is 2.38. The van der Waals surface area contributed by atoms with E-state index in [9.17, 15) is 4.39 Å². The van der Waals surface area contributed by atoms with Gasteiger partial charge in [0.15, 0.2) is 23.0 Å². The fraction of sp³-hybridized carbons (Fsp3) is 0.250.